The second-order valence-electron chi connectivity index (χ2n) is 13.3. The number of benzene rings is 3. The van der Waals surface area contributed by atoms with E-state index in [1.54, 1.807) is 0 Å². The molecule has 0 aliphatic carbocycles. The topological polar surface area (TPSA) is 96.3 Å². The van der Waals surface area contributed by atoms with E-state index in [-0.39, 0.29) is 17.6 Å². The van der Waals surface area contributed by atoms with Crippen LogP contribution in [0.25, 0.3) is 21.8 Å². The van der Waals surface area contributed by atoms with Gasteiger partial charge in [-0.1, -0.05) is 0 Å². The maximum atomic E-state index is 13.3. The molecule has 0 unspecified atom stereocenters. The van der Waals surface area contributed by atoms with Crippen LogP contribution in [-0.4, -0.2) is 71.4 Å². The Morgan fingerprint density at radius 1 is 0.766 bits per heavy atom. The van der Waals surface area contributed by atoms with Gasteiger partial charge in [-0.05, 0) is 156 Å². The Bertz CT molecular complexity index is 1860. The summed E-state index contributed by atoms with van der Waals surface area (Å²) in [7, 11) is 2.19. The monoisotopic (exact) mass is 634 g/mol. The first-order chi connectivity index (χ1) is 22.9. The van der Waals surface area contributed by atoms with Crippen molar-refractivity contribution in [3.05, 3.63) is 95.6 Å². The number of piperidine rings is 2. The minimum absolute atomic E-state index is 0.0664. The smallest absolute Gasteiger partial charge is 0.255 e. The summed E-state index contributed by atoms with van der Waals surface area (Å²) in [5.41, 5.74) is 6.82. The minimum atomic E-state index is -0.366. The lowest BCUT2D eigenvalue weighted by Gasteiger charge is -2.32. The number of rotatable bonds is 9. The number of aromatic amines is 2. The number of fused-ring (bicyclic) bond motifs is 2. The number of nitrogens with zero attached hydrogens (tertiary/aromatic N) is 2. The first-order valence-electron chi connectivity index (χ1n) is 16.9. The third-order valence-electron chi connectivity index (χ3n) is 10.1. The molecule has 47 heavy (non-hydrogen) atoms. The van der Waals surface area contributed by atoms with Crippen LogP contribution in [-0.2, 0) is 4.79 Å². The number of anilines is 2. The van der Waals surface area contributed by atoms with Crippen LogP contribution < -0.4 is 10.6 Å². The molecule has 2 amide bonds. The molecule has 4 N–H and O–H groups in total. The fraction of sp³-hybridized carbons (Fsp3) is 0.368. The maximum Gasteiger partial charge on any atom is 0.255 e. The van der Waals surface area contributed by atoms with Crippen LogP contribution >= 0.6 is 0 Å². The molecule has 2 aliphatic heterocycles. The first kappa shape index (κ1) is 31.1. The van der Waals surface area contributed by atoms with Crippen molar-refractivity contribution in [3.8, 4) is 0 Å². The molecule has 0 spiro atoms. The minimum Gasteiger partial charge on any atom is -0.361 e. The molecule has 2 aliphatic rings. The zero-order chi connectivity index (χ0) is 32.3. The molecule has 7 rings (SSSR count). The van der Waals surface area contributed by atoms with Crippen molar-refractivity contribution in [1.29, 1.82) is 0 Å². The average Bonchev–Trinajstić information content (AvgIpc) is 3.70. The zero-order valence-electron chi connectivity index (χ0n) is 26.9. The van der Waals surface area contributed by atoms with Crippen LogP contribution in [0.4, 0.5) is 15.8 Å². The molecule has 4 heterocycles. The van der Waals surface area contributed by atoms with Crippen LogP contribution in [0.1, 0.15) is 71.8 Å². The predicted molar refractivity (Wildman–Crippen MR) is 187 cm³/mol. The molecule has 5 aromatic rings. The van der Waals surface area contributed by atoms with E-state index in [0.717, 1.165) is 74.1 Å². The molecule has 2 fully saturated rings. The van der Waals surface area contributed by atoms with Crippen molar-refractivity contribution in [1.82, 2.24) is 19.8 Å². The lowest BCUT2D eigenvalue weighted by Crippen LogP contribution is -2.34. The lowest BCUT2D eigenvalue weighted by molar-refractivity contribution is -0.116. The number of likely N-dealkylation sites (tertiary alicyclic amines) is 2. The van der Waals surface area contributed by atoms with E-state index in [9.17, 15) is 14.0 Å². The van der Waals surface area contributed by atoms with Gasteiger partial charge in [0.1, 0.15) is 5.82 Å². The van der Waals surface area contributed by atoms with Crippen LogP contribution in [0.2, 0.25) is 0 Å². The summed E-state index contributed by atoms with van der Waals surface area (Å²) in [6.45, 7) is 5.13. The Kier molecular flexibility index (Phi) is 9.09. The summed E-state index contributed by atoms with van der Waals surface area (Å²) in [5, 5.41) is 8.44. The van der Waals surface area contributed by atoms with E-state index in [1.165, 1.54) is 53.6 Å². The molecule has 2 aromatic heterocycles. The fourth-order valence-electron chi connectivity index (χ4n) is 7.39. The highest BCUT2D eigenvalue weighted by Crippen LogP contribution is 2.36. The molecule has 0 atom stereocenters. The lowest BCUT2D eigenvalue weighted by atomic mass is 9.89. The van der Waals surface area contributed by atoms with Crippen LogP contribution in [0.5, 0.6) is 0 Å². The predicted octanol–water partition coefficient (Wildman–Crippen LogP) is 7.45. The SMILES string of the molecule is CN1CCC(c2c[nH]c3ccc(NC(=O)CCCN4CCC(c5c[nH]c6ccc(NC(=O)c7ccc(F)cc7)cc56)CC4)cc23)CC1. The number of carbonyl (C=O) groups is 2. The molecule has 0 radical (unpaired) electrons. The summed E-state index contributed by atoms with van der Waals surface area (Å²) in [5.74, 6) is 0.424. The van der Waals surface area contributed by atoms with Crippen molar-refractivity contribution in [3.63, 3.8) is 0 Å². The Morgan fingerprint density at radius 3 is 1.91 bits per heavy atom. The molecule has 3 aromatic carbocycles. The number of hydrogen-bond acceptors (Lipinski definition) is 4. The van der Waals surface area contributed by atoms with Gasteiger partial charge in [0.15, 0.2) is 0 Å². The number of carbonyl (C=O) groups excluding carboxylic acids is 2. The molecular weight excluding hydrogens is 591 g/mol. The number of H-pyrrole nitrogens is 2. The zero-order valence-corrected chi connectivity index (χ0v) is 26.9. The molecular formula is C38H43FN6O2. The van der Waals surface area contributed by atoms with Crippen molar-refractivity contribution in [2.24, 2.45) is 0 Å². The van der Waals surface area contributed by atoms with Gasteiger partial charge >= 0.3 is 0 Å². The van der Waals surface area contributed by atoms with Gasteiger partial charge in [0, 0.05) is 57.6 Å². The number of amides is 2. The summed E-state index contributed by atoms with van der Waals surface area (Å²) < 4.78 is 13.3. The van der Waals surface area contributed by atoms with E-state index in [1.807, 2.05) is 24.3 Å². The average molecular weight is 635 g/mol. The Hall–Kier alpha value is -4.47. The Balaban J connectivity index is 0.889. The normalized spacial score (nSPS) is 17.0. The van der Waals surface area contributed by atoms with E-state index in [4.69, 9.17) is 0 Å². The first-order valence-corrected chi connectivity index (χ1v) is 16.9. The van der Waals surface area contributed by atoms with Gasteiger partial charge in [-0.25, -0.2) is 4.39 Å². The van der Waals surface area contributed by atoms with Gasteiger partial charge in [-0.15, -0.1) is 0 Å². The number of aromatic nitrogens is 2. The highest BCUT2D eigenvalue weighted by Gasteiger charge is 2.24. The quantitative estimate of drug-likeness (QED) is 0.135. The highest BCUT2D eigenvalue weighted by atomic mass is 19.1. The van der Waals surface area contributed by atoms with Crippen molar-refractivity contribution < 1.29 is 14.0 Å². The van der Waals surface area contributed by atoms with Gasteiger partial charge in [0.2, 0.25) is 5.91 Å². The summed E-state index contributed by atoms with van der Waals surface area (Å²) in [6.07, 6.45) is 10.0. The number of hydrogen-bond donors (Lipinski definition) is 4. The summed E-state index contributed by atoms with van der Waals surface area (Å²) in [4.78, 5) is 37.2. The van der Waals surface area contributed by atoms with E-state index >= 15 is 0 Å². The second kappa shape index (κ2) is 13.7. The van der Waals surface area contributed by atoms with Crippen molar-refractivity contribution in [2.75, 3.05) is 50.4 Å². The van der Waals surface area contributed by atoms with Gasteiger partial charge in [-0.2, -0.15) is 0 Å². The third-order valence-corrected chi connectivity index (χ3v) is 10.1. The van der Waals surface area contributed by atoms with E-state index < -0.39 is 0 Å². The van der Waals surface area contributed by atoms with Gasteiger partial charge in [0.05, 0.1) is 0 Å². The largest absolute Gasteiger partial charge is 0.361 e. The van der Waals surface area contributed by atoms with Crippen LogP contribution in [0, 0.1) is 5.82 Å². The molecule has 244 valence electrons. The van der Waals surface area contributed by atoms with Gasteiger partial charge < -0.3 is 30.4 Å². The Morgan fingerprint density at radius 2 is 1.32 bits per heavy atom. The van der Waals surface area contributed by atoms with Crippen molar-refractivity contribution in [2.45, 2.75) is 50.4 Å². The number of halogens is 1. The molecule has 8 nitrogen and oxygen atoms in total. The maximum absolute atomic E-state index is 13.3. The summed E-state index contributed by atoms with van der Waals surface area (Å²) in [6, 6.07) is 17.7. The molecule has 0 bridgehead atoms. The summed E-state index contributed by atoms with van der Waals surface area (Å²) >= 11 is 0. The standard InChI is InChI=1S/C38H43FN6O2/c1-44-17-12-25(13-18-44)33-23-40-35-10-8-29(21-31(33)35)42-37(46)3-2-16-45-19-14-26(15-20-45)34-24-41-36-11-9-30(22-32(34)36)43-38(47)27-4-6-28(39)7-5-27/h4-11,21-26,40-41H,2-3,12-20H2,1H3,(H,42,46)(H,43,47). The second-order valence-corrected chi connectivity index (χ2v) is 13.3. The van der Waals surface area contributed by atoms with Crippen LogP contribution in [0.3, 0.4) is 0 Å². The third kappa shape index (κ3) is 7.11. The molecule has 9 heteroatoms. The van der Waals surface area contributed by atoms with Crippen LogP contribution in [0.15, 0.2) is 73.1 Å². The van der Waals surface area contributed by atoms with Gasteiger partial charge in [-0.3, -0.25) is 9.59 Å². The van der Waals surface area contributed by atoms with E-state index in [0.29, 0.717) is 29.5 Å². The molecule has 0 saturated carbocycles. The number of nitrogens with one attached hydrogen (secondary N) is 4. The Labute approximate surface area is 274 Å². The van der Waals surface area contributed by atoms with E-state index in [2.05, 4.69) is 62.0 Å². The molecule has 2 saturated heterocycles. The van der Waals surface area contributed by atoms with Crippen molar-refractivity contribution >= 4 is 45.0 Å². The highest BCUT2D eigenvalue weighted by molar-refractivity contribution is 6.05. The van der Waals surface area contributed by atoms with Gasteiger partial charge in [0.25, 0.3) is 5.91 Å². The fourth-order valence-corrected chi connectivity index (χ4v) is 7.39.